The van der Waals surface area contributed by atoms with E-state index in [1.54, 1.807) is 10.9 Å². The molecule has 68 valence electrons. The van der Waals surface area contributed by atoms with Gasteiger partial charge < -0.3 is 11.1 Å². The van der Waals surface area contributed by atoms with Crippen molar-refractivity contribution in [2.45, 2.75) is 0 Å². The Morgan fingerprint density at radius 1 is 1.54 bits per heavy atom. The molecule has 0 aromatic carbocycles. The van der Waals surface area contributed by atoms with Crippen molar-refractivity contribution in [1.29, 1.82) is 0 Å². The van der Waals surface area contributed by atoms with Gasteiger partial charge in [-0.2, -0.15) is 5.10 Å². The second-order valence-corrected chi connectivity index (χ2v) is 2.61. The van der Waals surface area contributed by atoms with Crippen molar-refractivity contribution in [3.8, 4) is 0 Å². The van der Waals surface area contributed by atoms with Crippen LogP contribution in [-0.2, 0) is 7.05 Å². The molecule has 0 fully saturated rings. The van der Waals surface area contributed by atoms with E-state index in [0.29, 0.717) is 6.67 Å². The first kappa shape index (κ1) is 7.93. The largest absolute Gasteiger partial charge is 0.357 e. The summed E-state index contributed by atoms with van der Waals surface area (Å²) in [5.74, 6) is 0.723. The molecule has 0 unspecified atom stereocenters. The number of aromatic nitrogens is 4. The topological polar surface area (TPSA) is 81.7 Å². The molecular weight excluding hydrogens is 168 g/mol. The highest BCUT2D eigenvalue weighted by Gasteiger charge is 2.05. The van der Waals surface area contributed by atoms with Crippen LogP contribution in [-0.4, -0.2) is 26.4 Å². The summed E-state index contributed by atoms with van der Waals surface area (Å²) in [4.78, 5) is 8.15. The van der Waals surface area contributed by atoms with Gasteiger partial charge in [0.1, 0.15) is 12.1 Å². The van der Waals surface area contributed by atoms with Crippen molar-refractivity contribution in [2.24, 2.45) is 12.8 Å². The standard InChI is InChI=1S/C7H10N6/c1-13-7-5(2-12-13)6(9-3-8)10-4-11-7/h2,4H,3,8H2,1H3,(H,9,10,11). The zero-order chi connectivity index (χ0) is 9.26. The van der Waals surface area contributed by atoms with Crippen LogP contribution in [0.15, 0.2) is 12.5 Å². The third-order valence-corrected chi connectivity index (χ3v) is 1.80. The van der Waals surface area contributed by atoms with Gasteiger partial charge in [-0.3, -0.25) is 4.68 Å². The fraction of sp³-hybridized carbons (Fsp3) is 0.286. The van der Waals surface area contributed by atoms with Crippen LogP contribution in [0.2, 0.25) is 0 Å². The van der Waals surface area contributed by atoms with Crippen molar-refractivity contribution in [3.05, 3.63) is 12.5 Å². The molecule has 6 heteroatoms. The van der Waals surface area contributed by atoms with Crippen LogP contribution in [0, 0.1) is 0 Å². The Morgan fingerprint density at radius 2 is 2.38 bits per heavy atom. The fourth-order valence-electron chi connectivity index (χ4n) is 1.20. The molecule has 2 heterocycles. The lowest BCUT2D eigenvalue weighted by molar-refractivity contribution is 0.785. The molecular formula is C7H10N6. The number of rotatable bonds is 2. The van der Waals surface area contributed by atoms with Crippen LogP contribution in [0.1, 0.15) is 0 Å². The lowest BCUT2D eigenvalue weighted by Gasteiger charge is -2.01. The number of nitrogens with one attached hydrogen (secondary N) is 1. The number of anilines is 1. The van der Waals surface area contributed by atoms with E-state index in [1.165, 1.54) is 6.33 Å². The molecule has 2 aromatic rings. The van der Waals surface area contributed by atoms with Gasteiger partial charge in [0, 0.05) is 7.05 Å². The van der Waals surface area contributed by atoms with E-state index in [4.69, 9.17) is 5.73 Å². The highest BCUT2D eigenvalue weighted by molar-refractivity contribution is 5.85. The van der Waals surface area contributed by atoms with Crippen LogP contribution in [0.25, 0.3) is 11.0 Å². The van der Waals surface area contributed by atoms with Gasteiger partial charge >= 0.3 is 0 Å². The van der Waals surface area contributed by atoms with E-state index in [0.717, 1.165) is 16.9 Å². The summed E-state index contributed by atoms with van der Waals surface area (Å²) in [6.07, 6.45) is 3.20. The van der Waals surface area contributed by atoms with Crippen molar-refractivity contribution in [2.75, 3.05) is 12.0 Å². The van der Waals surface area contributed by atoms with Gasteiger partial charge in [-0.25, -0.2) is 9.97 Å². The molecule has 0 aliphatic carbocycles. The van der Waals surface area contributed by atoms with Crippen molar-refractivity contribution < 1.29 is 0 Å². The fourth-order valence-corrected chi connectivity index (χ4v) is 1.20. The van der Waals surface area contributed by atoms with Gasteiger partial charge in [0.25, 0.3) is 0 Å². The Bertz CT molecular complexity index is 420. The third-order valence-electron chi connectivity index (χ3n) is 1.80. The molecule has 0 saturated carbocycles. The van der Waals surface area contributed by atoms with Gasteiger partial charge in [0.15, 0.2) is 5.65 Å². The number of hydrogen-bond acceptors (Lipinski definition) is 5. The molecule has 0 saturated heterocycles. The van der Waals surface area contributed by atoms with Crippen molar-refractivity contribution in [1.82, 2.24) is 19.7 Å². The minimum Gasteiger partial charge on any atom is -0.357 e. The lowest BCUT2D eigenvalue weighted by atomic mass is 10.4. The van der Waals surface area contributed by atoms with Crippen molar-refractivity contribution in [3.63, 3.8) is 0 Å². The maximum absolute atomic E-state index is 5.36. The quantitative estimate of drug-likeness (QED) is 0.616. The van der Waals surface area contributed by atoms with E-state index in [2.05, 4.69) is 20.4 Å². The summed E-state index contributed by atoms with van der Waals surface area (Å²) in [6, 6.07) is 0. The highest BCUT2D eigenvalue weighted by Crippen LogP contribution is 2.16. The number of aryl methyl sites for hydroxylation is 1. The molecule has 6 nitrogen and oxygen atoms in total. The minimum absolute atomic E-state index is 0.348. The Morgan fingerprint density at radius 3 is 3.15 bits per heavy atom. The van der Waals surface area contributed by atoms with Gasteiger partial charge in [-0.05, 0) is 0 Å². The molecule has 0 bridgehead atoms. The minimum atomic E-state index is 0.348. The summed E-state index contributed by atoms with van der Waals surface area (Å²) >= 11 is 0. The monoisotopic (exact) mass is 178 g/mol. The molecule has 2 aromatic heterocycles. The van der Waals surface area contributed by atoms with Crippen LogP contribution in [0.4, 0.5) is 5.82 Å². The number of fused-ring (bicyclic) bond motifs is 1. The first-order chi connectivity index (χ1) is 6.33. The van der Waals surface area contributed by atoms with E-state index >= 15 is 0 Å². The third kappa shape index (κ3) is 1.20. The summed E-state index contributed by atoms with van der Waals surface area (Å²) in [5.41, 5.74) is 6.16. The summed E-state index contributed by atoms with van der Waals surface area (Å²) in [6.45, 7) is 0.348. The van der Waals surface area contributed by atoms with Crippen molar-refractivity contribution >= 4 is 16.9 Å². The maximum Gasteiger partial charge on any atom is 0.163 e. The highest BCUT2D eigenvalue weighted by atomic mass is 15.3. The summed E-state index contributed by atoms with van der Waals surface area (Å²) in [5, 5.41) is 7.89. The molecule has 0 amide bonds. The smallest absolute Gasteiger partial charge is 0.163 e. The molecule has 0 radical (unpaired) electrons. The second kappa shape index (κ2) is 2.98. The predicted molar refractivity (Wildman–Crippen MR) is 49.0 cm³/mol. The first-order valence-corrected chi connectivity index (χ1v) is 3.89. The SMILES string of the molecule is Cn1ncc2c(NCN)ncnc21. The molecule has 3 N–H and O–H groups in total. The van der Waals surface area contributed by atoms with Gasteiger partial charge in [0.05, 0.1) is 18.3 Å². The van der Waals surface area contributed by atoms with Crippen LogP contribution >= 0.6 is 0 Å². The van der Waals surface area contributed by atoms with Crippen LogP contribution in [0.3, 0.4) is 0 Å². The Kier molecular flexibility index (Phi) is 1.82. The van der Waals surface area contributed by atoms with Crippen LogP contribution < -0.4 is 11.1 Å². The Hall–Kier alpha value is -1.69. The summed E-state index contributed by atoms with van der Waals surface area (Å²) in [7, 11) is 1.83. The van der Waals surface area contributed by atoms with Gasteiger partial charge in [-0.15, -0.1) is 0 Å². The molecule has 13 heavy (non-hydrogen) atoms. The number of hydrogen-bond donors (Lipinski definition) is 2. The molecule has 0 spiro atoms. The molecule has 0 atom stereocenters. The first-order valence-electron chi connectivity index (χ1n) is 3.89. The Balaban J connectivity index is 2.63. The molecule has 2 rings (SSSR count). The zero-order valence-corrected chi connectivity index (χ0v) is 7.23. The van der Waals surface area contributed by atoms with Gasteiger partial charge in [0.2, 0.25) is 0 Å². The average molecular weight is 178 g/mol. The maximum atomic E-state index is 5.36. The van der Waals surface area contributed by atoms with Crippen LogP contribution in [0.5, 0.6) is 0 Å². The summed E-state index contributed by atoms with van der Waals surface area (Å²) < 4.78 is 1.69. The average Bonchev–Trinajstić information content (AvgIpc) is 2.50. The van der Waals surface area contributed by atoms with Gasteiger partial charge in [-0.1, -0.05) is 0 Å². The van der Waals surface area contributed by atoms with E-state index < -0.39 is 0 Å². The second-order valence-electron chi connectivity index (χ2n) is 2.61. The van der Waals surface area contributed by atoms with E-state index in [1.807, 2.05) is 7.05 Å². The molecule has 0 aliphatic rings. The predicted octanol–water partition coefficient (Wildman–Crippen LogP) is -0.309. The Labute approximate surface area is 74.8 Å². The lowest BCUT2D eigenvalue weighted by Crippen LogP contribution is -2.12. The number of nitrogens with two attached hydrogens (primary N) is 1. The zero-order valence-electron chi connectivity index (χ0n) is 7.23. The normalized spacial score (nSPS) is 10.6. The van der Waals surface area contributed by atoms with E-state index in [-0.39, 0.29) is 0 Å². The number of nitrogens with zero attached hydrogens (tertiary/aromatic N) is 4. The molecule has 0 aliphatic heterocycles. The van der Waals surface area contributed by atoms with E-state index in [9.17, 15) is 0 Å².